The molecule has 2 N–H and O–H groups in total. The summed E-state index contributed by atoms with van der Waals surface area (Å²) in [5.74, 6) is 1.60. The van der Waals surface area contributed by atoms with Gasteiger partial charge in [0.1, 0.15) is 23.7 Å². The Hall–Kier alpha value is -2.48. The third kappa shape index (κ3) is 4.78. The molecule has 26 heavy (non-hydrogen) atoms. The van der Waals surface area contributed by atoms with Gasteiger partial charge in [-0.2, -0.15) is 10.5 Å². The molecule has 0 spiro atoms. The average molecular weight is 354 g/mol. The van der Waals surface area contributed by atoms with Gasteiger partial charge in [-0.15, -0.1) is 0 Å². The molecule has 0 bridgehead atoms. The summed E-state index contributed by atoms with van der Waals surface area (Å²) in [5, 5.41) is 24.5. The van der Waals surface area contributed by atoms with Crippen molar-refractivity contribution < 1.29 is 4.42 Å². The number of nitrogens with one attached hydrogen (secondary N) is 2. The largest absolute Gasteiger partial charge is 0.468 e. The number of piperidine rings is 1. The van der Waals surface area contributed by atoms with Gasteiger partial charge in [0, 0.05) is 38.3 Å². The highest BCUT2D eigenvalue weighted by atomic mass is 16.3. The van der Waals surface area contributed by atoms with Crippen LogP contribution in [0.5, 0.6) is 0 Å². The fourth-order valence-corrected chi connectivity index (χ4v) is 3.54. The Kier molecular flexibility index (Phi) is 6.54. The molecule has 0 saturated carbocycles. The van der Waals surface area contributed by atoms with Crippen LogP contribution in [0.15, 0.2) is 28.1 Å². The number of furan rings is 1. The standard InChI is InChI=1S/C19H26N6O/c20-11-17(12-21)19-23-5-9-25(19)8-4-22-13-18-10-16(15-26-18)14-24-6-2-1-3-7-24/h10,15,22-23H,1-9,13-14H2. The summed E-state index contributed by atoms with van der Waals surface area (Å²) >= 11 is 0. The molecule has 0 radical (unpaired) electrons. The fourth-order valence-electron chi connectivity index (χ4n) is 3.54. The molecule has 3 heterocycles. The van der Waals surface area contributed by atoms with Crippen molar-refractivity contribution in [2.45, 2.75) is 32.4 Å². The van der Waals surface area contributed by atoms with Crippen LogP contribution in [-0.4, -0.2) is 49.1 Å². The van der Waals surface area contributed by atoms with Gasteiger partial charge in [-0.25, -0.2) is 0 Å². The van der Waals surface area contributed by atoms with Crippen LogP contribution in [0.3, 0.4) is 0 Å². The molecule has 0 atom stereocenters. The van der Waals surface area contributed by atoms with Crippen LogP contribution in [0.4, 0.5) is 0 Å². The van der Waals surface area contributed by atoms with Gasteiger partial charge in [0.25, 0.3) is 0 Å². The molecular weight excluding hydrogens is 328 g/mol. The topological polar surface area (TPSA) is 91.3 Å². The first-order valence-electron chi connectivity index (χ1n) is 9.33. The van der Waals surface area contributed by atoms with E-state index < -0.39 is 0 Å². The van der Waals surface area contributed by atoms with E-state index in [4.69, 9.17) is 14.9 Å². The minimum Gasteiger partial charge on any atom is -0.468 e. The number of likely N-dealkylation sites (tertiary alicyclic amines) is 1. The molecular formula is C19H26N6O. The van der Waals surface area contributed by atoms with Gasteiger partial charge in [0.15, 0.2) is 5.57 Å². The second-order valence-corrected chi connectivity index (χ2v) is 6.80. The number of hydrogen-bond donors (Lipinski definition) is 2. The maximum absolute atomic E-state index is 9.02. The molecule has 0 unspecified atom stereocenters. The molecule has 7 heteroatoms. The maximum Gasteiger partial charge on any atom is 0.169 e. The zero-order valence-corrected chi connectivity index (χ0v) is 15.1. The zero-order valence-electron chi connectivity index (χ0n) is 15.1. The Morgan fingerprint density at radius 2 is 2.00 bits per heavy atom. The first-order chi connectivity index (χ1) is 12.8. The number of nitriles is 2. The highest BCUT2D eigenvalue weighted by Gasteiger charge is 2.20. The molecule has 1 aromatic rings. The molecule has 7 nitrogen and oxygen atoms in total. The molecule has 0 aromatic carbocycles. The Bertz CT molecular complexity index is 688. The van der Waals surface area contributed by atoms with Gasteiger partial charge in [-0.05, 0) is 32.0 Å². The maximum atomic E-state index is 9.02. The van der Waals surface area contributed by atoms with Gasteiger partial charge in [-0.3, -0.25) is 4.90 Å². The van der Waals surface area contributed by atoms with Crippen LogP contribution in [0.1, 0.15) is 30.6 Å². The lowest BCUT2D eigenvalue weighted by Crippen LogP contribution is -2.30. The van der Waals surface area contributed by atoms with Crippen LogP contribution >= 0.6 is 0 Å². The second-order valence-electron chi connectivity index (χ2n) is 6.80. The molecule has 2 saturated heterocycles. The lowest BCUT2D eigenvalue weighted by molar-refractivity contribution is 0.220. The van der Waals surface area contributed by atoms with Crippen molar-refractivity contribution in [3.63, 3.8) is 0 Å². The summed E-state index contributed by atoms with van der Waals surface area (Å²) in [7, 11) is 0. The summed E-state index contributed by atoms with van der Waals surface area (Å²) in [6.45, 7) is 7.11. The summed E-state index contributed by atoms with van der Waals surface area (Å²) in [4.78, 5) is 4.53. The SMILES string of the molecule is N#CC(C#N)=C1NCCN1CCNCc1cc(CN2CCCCC2)co1. The monoisotopic (exact) mass is 354 g/mol. The van der Waals surface area contributed by atoms with E-state index in [1.54, 1.807) is 0 Å². The molecule has 0 aliphatic carbocycles. The van der Waals surface area contributed by atoms with E-state index in [1.807, 2.05) is 23.3 Å². The molecule has 2 aliphatic heterocycles. The van der Waals surface area contributed by atoms with Crippen molar-refractivity contribution in [2.75, 3.05) is 39.3 Å². The number of hydrogen-bond acceptors (Lipinski definition) is 7. The molecule has 2 aliphatic rings. The summed E-state index contributed by atoms with van der Waals surface area (Å²) in [6.07, 6.45) is 5.81. The second kappa shape index (κ2) is 9.28. The van der Waals surface area contributed by atoms with Crippen LogP contribution in [0, 0.1) is 22.7 Å². The van der Waals surface area contributed by atoms with Gasteiger partial charge in [-0.1, -0.05) is 6.42 Å². The van der Waals surface area contributed by atoms with Gasteiger partial charge in [0.05, 0.1) is 12.8 Å². The minimum absolute atomic E-state index is 0.149. The first-order valence-corrected chi connectivity index (χ1v) is 9.33. The van der Waals surface area contributed by atoms with Gasteiger partial charge in [0.2, 0.25) is 0 Å². The normalized spacial score (nSPS) is 17.6. The Balaban J connectivity index is 1.41. The third-order valence-corrected chi connectivity index (χ3v) is 4.87. The Labute approximate surface area is 154 Å². The van der Waals surface area contributed by atoms with Crippen molar-refractivity contribution in [1.82, 2.24) is 20.4 Å². The van der Waals surface area contributed by atoms with Gasteiger partial charge < -0.3 is 20.0 Å². The lowest BCUT2D eigenvalue weighted by atomic mass is 10.1. The zero-order chi connectivity index (χ0) is 18.2. The van der Waals surface area contributed by atoms with Crippen molar-refractivity contribution in [3.05, 3.63) is 35.0 Å². The summed E-state index contributed by atoms with van der Waals surface area (Å²) in [5.41, 5.74) is 1.39. The predicted molar refractivity (Wildman–Crippen MR) is 97.4 cm³/mol. The molecule has 1 aromatic heterocycles. The number of allylic oxidation sites excluding steroid dienone is 1. The van der Waals surface area contributed by atoms with E-state index in [-0.39, 0.29) is 5.57 Å². The van der Waals surface area contributed by atoms with E-state index in [1.165, 1.54) is 37.9 Å². The van der Waals surface area contributed by atoms with E-state index in [0.29, 0.717) is 12.4 Å². The smallest absolute Gasteiger partial charge is 0.169 e. The van der Waals surface area contributed by atoms with Crippen LogP contribution in [0.2, 0.25) is 0 Å². The van der Waals surface area contributed by atoms with Crippen molar-refractivity contribution in [3.8, 4) is 12.1 Å². The first kappa shape index (κ1) is 18.3. The minimum atomic E-state index is 0.149. The number of rotatable bonds is 7. The van der Waals surface area contributed by atoms with Gasteiger partial charge >= 0.3 is 0 Å². The Morgan fingerprint density at radius 3 is 2.77 bits per heavy atom. The van der Waals surface area contributed by atoms with E-state index in [0.717, 1.165) is 38.5 Å². The van der Waals surface area contributed by atoms with E-state index in [9.17, 15) is 0 Å². The fraction of sp³-hybridized carbons (Fsp3) is 0.579. The van der Waals surface area contributed by atoms with Crippen molar-refractivity contribution in [1.29, 1.82) is 10.5 Å². The lowest BCUT2D eigenvalue weighted by Gasteiger charge is -2.25. The predicted octanol–water partition coefficient (Wildman–Crippen LogP) is 1.52. The number of nitrogens with zero attached hydrogens (tertiary/aromatic N) is 4. The van der Waals surface area contributed by atoms with E-state index >= 15 is 0 Å². The van der Waals surface area contributed by atoms with Crippen LogP contribution in [0.25, 0.3) is 0 Å². The quantitative estimate of drug-likeness (QED) is 0.566. The van der Waals surface area contributed by atoms with E-state index in [2.05, 4.69) is 21.6 Å². The Morgan fingerprint density at radius 1 is 1.19 bits per heavy atom. The summed E-state index contributed by atoms with van der Waals surface area (Å²) < 4.78 is 5.66. The average Bonchev–Trinajstić information content (AvgIpc) is 3.31. The molecule has 3 rings (SSSR count). The van der Waals surface area contributed by atoms with Crippen LogP contribution in [-0.2, 0) is 13.1 Å². The molecule has 2 fully saturated rings. The summed E-state index contributed by atoms with van der Waals surface area (Å²) in [6, 6.07) is 6.03. The van der Waals surface area contributed by atoms with Crippen molar-refractivity contribution >= 4 is 0 Å². The van der Waals surface area contributed by atoms with Crippen LogP contribution < -0.4 is 10.6 Å². The highest BCUT2D eigenvalue weighted by molar-refractivity contribution is 5.39. The highest BCUT2D eigenvalue weighted by Crippen LogP contribution is 2.15. The molecule has 0 amide bonds. The van der Waals surface area contributed by atoms with Crippen molar-refractivity contribution in [2.24, 2.45) is 0 Å². The molecule has 138 valence electrons. The third-order valence-electron chi connectivity index (χ3n) is 4.87.